The maximum Gasteiger partial charge on any atom is 0.472 e. The Kier molecular flexibility index (Phi) is 45.0. The van der Waals surface area contributed by atoms with Crippen molar-refractivity contribution in [3.63, 3.8) is 0 Å². The third-order valence-electron chi connectivity index (χ3n) is 10.1. The average Bonchev–Trinajstić information content (AvgIpc) is 3.25. The molecule has 1 amide bonds. The number of ether oxygens (including phenoxy) is 1. The lowest BCUT2D eigenvalue weighted by molar-refractivity contribution is -0.147. The molecular weight excluding hydrogens is 786 g/mol. The fourth-order valence-corrected chi connectivity index (χ4v) is 7.22. The van der Waals surface area contributed by atoms with E-state index in [1.54, 1.807) is 0 Å². The first kappa shape index (κ1) is 58.5. The molecular formula is C51H90NO8P. The third kappa shape index (κ3) is 48.3. The average molecular weight is 876 g/mol. The van der Waals surface area contributed by atoms with Gasteiger partial charge in [0.15, 0.2) is 0 Å². The summed E-state index contributed by atoms with van der Waals surface area (Å²) in [6, 6.07) is 0. The molecule has 2 atom stereocenters. The molecule has 0 aliphatic heterocycles. The minimum Gasteiger partial charge on any atom is -0.463 e. The summed E-state index contributed by atoms with van der Waals surface area (Å²) in [5, 5.41) is 12.7. The molecule has 0 saturated heterocycles. The Hall–Kier alpha value is -2.55. The van der Waals surface area contributed by atoms with Gasteiger partial charge >= 0.3 is 13.8 Å². The molecule has 0 radical (unpaired) electrons. The highest BCUT2D eigenvalue weighted by molar-refractivity contribution is 7.47. The SMILES string of the molecule is CC/C=C\C/C=C\C/C=C\C/C=C\C/C=C\CCCCCC(=O)NCCOP(=O)(O)OCC(O)COC(=O)CCCCCCCCCCCCC/C=C/CCCCCCCC. The maximum atomic E-state index is 12.1. The van der Waals surface area contributed by atoms with E-state index in [1.165, 1.54) is 103 Å². The van der Waals surface area contributed by atoms with Gasteiger partial charge in [-0.25, -0.2) is 4.57 Å². The first-order chi connectivity index (χ1) is 29.8. The number of unbranched alkanes of at least 4 members (excludes halogenated alkanes) is 20. The van der Waals surface area contributed by atoms with E-state index in [4.69, 9.17) is 13.8 Å². The molecule has 0 aromatic carbocycles. The molecule has 0 saturated carbocycles. The van der Waals surface area contributed by atoms with Gasteiger partial charge in [0, 0.05) is 19.4 Å². The number of aliphatic hydroxyl groups excluding tert-OH is 1. The normalized spacial score (nSPS) is 13.8. The summed E-state index contributed by atoms with van der Waals surface area (Å²) in [5.41, 5.74) is 0. The van der Waals surface area contributed by atoms with Gasteiger partial charge in [0.05, 0.1) is 13.2 Å². The number of esters is 1. The van der Waals surface area contributed by atoms with Crippen molar-refractivity contribution in [2.75, 3.05) is 26.4 Å². The van der Waals surface area contributed by atoms with Crippen molar-refractivity contribution in [3.05, 3.63) is 72.9 Å². The van der Waals surface area contributed by atoms with Crippen molar-refractivity contribution in [1.82, 2.24) is 5.32 Å². The second-order valence-electron chi connectivity index (χ2n) is 16.0. The van der Waals surface area contributed by atoms with Crippen LogP contribution < -0.4 is 5.32 Å². The number of phosphoric ester groups is 1. The topological polar surface area (TPSA) is 131 Å². The predicted octanol–water partition coefficient (Wildman–Crippen LogP) is 14.2. The number of rotatable bonds is 45. The zero-order chi connectivity index (χ0) is 44.6. The first-order valence-electron chi connectivity index (χ1n) is 24.4. The van der Waals surface area contributed by atoms with E-state index >= 15 is 0 Å². The quantitative estimate of drug-likeness (QED) is 0.0239. The lowest BCUT2D eigenvalue weighted by atomic mass is 10.0. The maximum absolute atomic E-state index is 12.1. The van der Waals surface area contributed by atoms with Crippen molar-refractivity contribution in [1.29, 1.82) is 0 Å². The molecule has 0 heterocycles. The van der Waals surface area contributed by atoms with Gasteiger partial charge in [-0.1, -0.05) is 183 Å². The van der Waals surface area contributed by atoms with E-state index in [2.05, 4.69) is 92.1 Å². The number of carbonyl (C=O) groups is 2. The van der Waals surface area contributed by atoms with Gasteiger partial charge in [0.1, 0.15) is 12.7 Å². The van der Waals surface area contributed by atoms with E-state index in [0.717, 1.165) is 77.0 Å². The van der Waals surface area contributed by atoms with Crippen molar-refractivity contribution >= 4 is 19.7 Å². The highest BCUT2D eigenvalue weighted by Gasteiger charge is 2.23. The van der Waals surface area contributed by atoms with Crippen LogP contribution in [0.25, 0.3) is 0 Å². The van der Waals surface area contributed by atoms with Gasteiger partial charge in [0.25, 0.3) is 0 Å². The monoisotopic (exact) mass is 876 g/mol. The number of hydrogen-bond donors (Lipinski definition) is 3. The number of amides is 1. The highest BCUT2D eigenvalue weighted by Crippen LogP contribution is 2.42. The predicted molar refractivity (Wildman–Crippen MR) is 256 cm³/mol. The van der Waals surface area contributed by atoms with Crippen LogP contribution in [0.1, 0.15) is 206 Å². The molecule has 0 aliphatic carbocycles. The summed E-state index contributed by atoms with van der Waals surface area (Å²) in [7, 11) is -4.43. The molecule has 61 heavy (non-hydrogen) atoms. The van der Waals surface area contributed by atoms with Crippen LogP contribution in [-0.2, 0) is 27.9 Å². The van der Waals surface area contributed by atoms with Gasteiger partial charge in [-0.05, 0) is 83.5 Å². The number of phosphoric acid groups is 1. The zero-order valence-corrected chi connectivity index (χ0v) is 39.7. The number of carbonyl (C=O) groups excluding carboxylic acids is 2. The lowest BCUT2D eigenvalue weighted by Gasteiger charge is -2.15. The Balaban J connectivity index is 3.62. The second-order valence-corrected chi connectivity index (χ2v) is 17.5. The molecule has 352 valence electrons. The van der Waals surface area contributed by atoms with Crippen molar-refractivity contribution in [2.24, 2.45) is 0 Å². The smallest absolute Gasteiger partial charge is 0.463 e. The second kappa shape index (κ2) is 46.9. The van der Waals surface area contributed by atoms with Gasteiger partial charge in [-0.15, -0.1) is 0 Å². The fraction of sp³-hybridized carbons (Fsp3) is 0.725. The van der Waals surface area contributed by atoms with E-state index < -0.39 is 26.5 Å². The molecule has 9 nitrogen and oxygen atoms in total. The lowest BCUT2D eigenvalue weighted by Crippen LogP contribution is -2.27. The minimum absolute atomic E-state index is 0.0603. The molecule has 10 heteroatoms. The Morgan fingerprint density at radius 1 is 0.525 bits per heavy atom. The molecule has 0 bridgehead atoms. The minimum atomic E-state index is -4.43. The summed E-state index contributed by atoms with van der Waals surface area (Å²) in [4.78, 5) is 34.0. The largest absolute Gasteiger partial charge is 0.472 e. The molecule has 0 aliphatic rings. The molecule has 0 aromatic heterocycles. The van der Waals surface area contributed by atoms with Gasteiger partial charge in [-0.2, -0.15) is 0 Å². The van der Waals surface area contributed by atoms with Gasteiger partial charge in [0.2, 0.25) is 5.91 Å². The van der Waals surface area contributed by atoms with Crippen LogP contribution in [-0.4, -0.2) is 54.3 Å². The van der Waals surface area contributed by atoms with Crippen LogP contribution >= 0.6 is 7.82 Å². The molecule has 0 aromatic rings. The summed E-state index contributed by atoms with van der Waals surface area (Å²) in [6.45, 7) is 3.40. The standard InChI is InChI=1S/C51H90NO8P/c1-3-5-7-9-11-13-15-17-19-21-23-24-26-28-30-32-34-36-38-40-42-44-51(55)58-47-49(53)48-60-61(56,57)59-46-45-52-50(54)43-41-39-37-35-33-31-29-27-25-22-20-18-16-14-12-10-8-6-4-2/h6,8,12,14,17-20,25,27,31,33,49,53H,3-5,7,9-11,13,15-16,21-24,26,28-30,32,34-48H2,1-2H3,(H,52,54)(H,56,57)/b8-6-,14-12-,19-17+,20-18-,27-25-,33-31-. The van der Waals surface area contributed by atoms with Gasteiger partial charge < -0.3 is 20.1 Å². The summed E-state index contributed by atoms with van der Waals surface area (Å²) in [5.74, 6) is -0.551. The number of allylic oxidation sites excluding steroid dienone is 12. The Morgan fingerprint density at radius 3 is 1.44 bits per heavy atom. The van der Waals surface area contributed by atoms with Crippen LogP contribution in [0.2, 0.25) is 0 Å². The Bertz CT molecular complexity index is 1230. The number of hydrogen-bond acceptors (Lipinski definition) is 7. The fourth-order valence-electron chi connectivity index (χ4n) is 6.46. The molecule has 3 N–H and O–H groups in total. The van der Waals surface area contributed by atoms with Gasteiger partial charge in [-0.3, -0.25) is 18.6 Å². The van der Waals surface area contributed by atoms with Crippen molar-refractivity contribution in [3.8, 4) is 0 Å². The molecule has 0 fully saturated rings. The van der Waals surface area contributed by atoms with Crippen LogP contribution in [0.15, 0.2) is 72.9 Å². The van der Waals surface area contributed by atoms with Crippen LogP contribution in [0, 0.1) is 0 Å². The summed E-state index contributed by atoms with van der Waals surface area (Å²) < 4.78 is 26.9. The Morgan fingerprint density at radius 2 is 0.934 bits per heavy atom. The zero-order valence-electron chi connectivity index (χ0n) is 38.8. The Labute approximate surface area is 373 Å². The van der Waals surface area contributed by atoms with E-state index in [9.17, 15) is 24.2 Å². The molecule has 2 unspecified atom stereocenters. The van der Waals surface area contributed by atoms with E-state index in [-0.39, 0.29) is 32.1 Å². The van der Waals surface area contributed by atoms with E-state index in [0.29, 0.717) is 6.42 Å². The van der Waals surface area contributed by atoms with Crippen LogP contribution in [0.3, 0.4) is 0 Å². The first-order valence-corrected chi connectivity index (χ1v) is 25.9. The number of aliphatic hydroxyl groups is 1. The summed E-state index contributed by atoms with van der Waals surface area (Å²) in [6.07, 6.45) is 58.4. The molecule has 0 rings (SSSR count). The molecule has 0 spiro atoms. The summed E-state index contributed by atoms with van der Waals surface area (Å²) >= 11 is 0. The van der Waals surface area contributed by atoms with Crippen molar-refractivity contribution < 1.29 is 37.9 Å². The third-order valence-corrected chi connectivity index (χ3v) is 11.1. The van der Waals surface area contributed by atoms with Crippen LogP contribution in [0.4, 0.5) is 0 Å². The highest BCUT2D eigenvalue weighted by atomic mass is 31.2. The van der Waals surface area contributed by atoms with Crippen LogP contribution in [0.5, 0.6) is 0 Å². The number of nitrogens with one attached hydrogen (secondary N) is 1. The van der Waals surface area contributed by atoms with E-state index in [1.807, 2.05) is 0 Å². The van der Waals surface area contributed by atoms with Crippen molar-refractivity contribution in [2.45, 2.75) is 213 Å².